The van der Waals surface area contributed by atoms with E-state index in [2.05, 4.69) is 10.6 Å². The van der Waals surface area contributed by atoms with Gasteiger partial charge in [0.25, 0.3) is 0 Å². The van der Waals surface area contributed by atoms with Crippen LogP contribution in [0.3, 0.4) is 0 Å². The first-order valence-electron chi connectivity index (χ1n) is 11.9. The Labute approximate surface area is 190 Å². The number of rotatable bonds is 6. The highest BCUT2D eigenvalue weighted by atomic mass is 16.7. The number of carbonyl (C=O) groups excluding carboxylic acids is 2. The lowest BCUT2D eigenvalue weighted by Crippen LogP contribution is -2.51. The number of benzene rings is 1. The Bertz CT molecular complexity index is 768. The molecular formula is C25H36N2O5. The summed E-state index contributed by atoms with van der Waals surface area (Å²) in [6.07, 6.45) is 15.9. The molecule has 1 aromatic rings. The van der Waals surface area contributed by atoms with Crippen LogP contribution >= 0.6 is 0 Å². The third kappa shape index (κ3) is 7.86. The van der Waals surface area contributed by atoms with Gasteiger partial charge in [0.15, 0.2) is 11.5 Å². The number of hydrogen-bond acceptors (Lipinski definition) is 5. The Morgan fingerprint density at radius 3 is 2.25 bits per heavy atom. The number of ether oxygens (including phenoxy) is 2. The summed E-state index contributed by atoms with van der Waals surface area (Å²) < 4.78 is 10.6. The first-order chi connectivity index (χ1) is 15.7. The topological polar surface area (TPSA) is 96.9 Å². The van der Waals surface area contributed by atoms with Crippen molar-refractivity contribution in [3.8, 4) is 11.5 Å². The van der Waals surface area contributed by atoms with Crippen LogP contribution in [0, 0.1) is 0 Å². The molecule has 7 heteroatoms. The van der Waals surface area contributed by atoms with Gasteiger partial charge in [-0.25, -0.2) is 0 Å². The highest BCUT2D eigenvalue weighted by Gasteiger charge is 2.22. The van der Waals surface area contributed by atoms with Gasteiger partial charge >= 0.3 is 0 Å². The fourth-order valence-corrected chi connectivity index (χ4v) is 4.21. The second-order valence-electron chi connectivity index (χ2n) is 8.65. The normalized spacial score (nSPS) is 19.0. The first kappa shape index (κ1) is 24.1. The van der Waals surface area contributed by atoms with Gasteiger partial charge in [-0.1, -0.05) is 63.9 Å². The van der Waals surface area contributed by atoms with E-state index in [-0.39, 0.29) is 18.7 Å². The lowest BCUT2D eigenvalue weighted by atomic mass is 9.97. The van der Waals surface area contributed by atoms with E-state index < -0.39 is 18.6 Å². The second kappa shape index (κ2) is 13.1. The number of amides is 2. The van der Waals surface area contributed by atoms with Crippen LogP contribution < -0.4 is 20.1 Å². The Balaban J connectivity index is 1.49. The van der Waals surface area contributed by atoms with Crippen LogP contribution in [0.4, 0.5) is 0 Å². The number of aliphatic hydroxyl groups excluding tert-OH is 1. The molecule has 0 spiro atoms. The van der Waals surface area contributed by atoms with Gasteiger partial charge in [0.2, 0.25) is 18.6 Å². The van der Waals surface area contributed by atoms with Crippen molar-refractivity contribution >= 4 is 17.9 Å². The van der Waals surface area contributed by atoms with E-state index in [0.717, 1.165) is 31.2 Å². The van der Waals surface area contributed by atoms with Gasteiger partial charge in [-0.05, 0) is 36.6 Å². The van der Waals surface area contributed by atoms with Crippen LogP contribution in [0.15, 0.2) is 24.3 Å². The average molecular weight is 445 g/mol. The van der Waals surface area contributed by atoms with Gasteiger partial charge in [-0.3, -0.25) is 9.59 Å². The Morgan fingerprint density at radius 2 is 1.59 bits per heavy atom. The van der Waals surface area contributed by atoms with Crippen LogP contribution in [-0.2, 0) is 9.59 Å². The van der Waals surface area contributed by atoms with E-state index in [1.54, 1.807) is 18.2 Å². The number of aliphatic hydroxyl groups is 1. The molecular weight excluding hydrogens is 408 g/mol. The summed E-state index contributed by atoms with van der Waals surface area (Å²) in [5.74, 6) is 0.553. The van der Waals surface area contributed by atoms with Gasteiger partial charge in [-0.15, -0.1) is 0 Å². The monoisotopic (exact) mass is 444 g/mol. The summed E-state index contributed by atoms with van der Waals surface area (Å²) in [4.78, 5) is 25.0. The molecule has 0 aromatic heterocycles. The van der Waals surface area contributed by atoms with E-state index in [4.69, 9.17) is 9.47 Å². The summed E-state index contributed by atoms with van der Waals surface area (Å²) >= 11 is 0. The predicted molar refractivity (Wildman–Crippen MR) is 123 cm³/mol. The molecule has 1 aliphatic heterocycles. The van der Waals surface area contributed by atoms with Gasteiger partial charge in [0.1, 0.15) is 6.04 Å². The van der Waals surface area contributed by atoms with E-state index in [1.807, 2.05) is 6.07 Å². The zero-order valence-electron chi connectivity index (χ0n) is 18.8. The number of nitrogens with one attached hydrogen (secondary N) is 2. The quantitative estimate of drug-likeness (QED) is 0.582. The minimum Gasteiger partial charge on any atom is -0.454 e. The molecule has 1 fully saturated rings. The van der Waals surface area contributed by atoms with E-state index in [0.29, 0.717) is 11.5 Å². The smallest absolute Gasteiger partial charge is 0.245 e. The molecule has 7 nitrogen and oxygen atoms in total. The zero-order valence-corrected chi connectivity index (χ0v) is 18.8. The van der Waals surface area contributed by atoms with Gasteiger partial charge < -0.3 is 25.2 Å². The lowest BCUT2D eigenvalue weighted by Gasteiger charge is -2.23. The third-order valence-corrected chi connectivity index (χ3v) is 6.09. The summed E-state index contributed by atoms with van der Waals surface area (Å²) in [6, 6.07) is 4.51. The summed E-state index contributed by atoms with van der Waals surface area (Å²) in [6.45, 7) is -0.251. The highest BCUT2D eigenvalue weighted by molar-refractivity contribution is 5.95. The zero-order chi connectivity index (χ0) is 22.6. The molecule has 0 radical (unpaired) electrons. The minimum absolute atomic E-state index is 0.0945. The fourth-order valence-electron chi connectivity index (χ4n) is 4.21. The van der Waals surface area contributed by atoms with Crippen LogP contribution in [0.2, 0.25) is 0 Å². The molecule has 0 bridgehead atoms. The van der Waals surface area contributed by atoms with Crippen LogP contribution in [0.5, 0.6) is 11.5 Å². The fraction of sp³-hybridized carbons (Fsp3) is 0.600. The molecule has 1 aromatic carbocycles. The maximum Gasteiger partial charge on any atom is 0.245 e. The van der Waals surface area contributed by atoms with Crippen LogP contribution in [0.1, 0.15) is 76.2 Å². The molecule has 1 heterocycles. The standard InChI is InChI=1S/C25H36N2O5/c28-17-21(25(30)26-20-10-8-6-4-2-1-3-5-7-9-11-20)27-24(29)15-13-19-12-14-22-23(16-19)32-18-31-22/h12-16,20-21,28H,1-11,17-18H2,(H,26,30)(H,27,29). The lowest BCUT2D eigenvalue weighted by molar-refractivity contribution is -0.128. The maximum absolute atomic E-state index is 12.7. The van der Waals surface area contributed by atoms with Gasteiger partial charge in [0.05, 0.1) is 6.61 Å². The van der Waals surface area contributed by atoms with E-state index in [9.17, 15) is 14.7 Å². The van der Waals surface area contributed by atoms with Crippen molar-refractivity contribution in [2.24, 2.45) is 0 Å². The maximum atomic E-state index is 12.7. The number of fused-ring (bicyclic) bond motifs is 1. The molecule has 1 unspecified atom stereocenters. The summed E-state index contributed by atoms with van der Waals surface area (Å²) in [5.41, 5.74) is 0.780. The largest absolute Gasteiger partial charge is 0.454 e. The molecule has 2 amide bonds. The average Bonchev–Trinajstić information content (AvgIpc) is 3.25. The Hall–Kier alpha value is -2.54. The van der Waals surface area contributed by atoms with Crippen LogP contribution in [-0.4, -0.2) is 42.4 Å². The van der Waals surface area contributed by atoms with Crippen molar-refractivity contribution in [3.05, 3.63) is 29.8 Å². The van der Waals surface area contributed by atoms with E-state index in [1.165, 1.54) is 51.0 Å². The molecule has 32 heavy (non-hydrogen) atoms. The molecule has 1 aliphatic carbocycles. The Kier molecular flexibility index (Phi) is 9.88. The molecule has 1 atom stereocenters. The summed E-state index contributed by atoms with van der Waals surface area (Å²) in [7, 11) is 0. The molecule has 1 saturated carbocycles. The van der Waals surface area contributed by atoms with Crippen molar-refractivity contribution in [2.45, 2.75) is 82.7 Å². The predicted octanol–water partition coefficient (Wildman–Crippen LogP) is 3.70. The second-order valence-corrected chi connectivity index (χ2v) is 8.65. The molecule has 0 saturated heterocycles. The van der Waals surface area contributed by atoms with Gasteiger partial charge in [-0.2, -0.15) is 0 Å². The Morgan fingerprint density at radius 1 is 0.969 bits per heavy atom. The van der Waals surface area contributed by atoms with Crippen LogP contribution in [0.25, 0.3) is 6.08 Å². The van der Waals surface area contributed by atoms with Crippen molar-refractivity contribution in [1.82, 2.24) is 10.6 Å². The van der Waals surface area contributed by atoms with Crippen molar-refractivity contribution < 1.29 is 24.2 Å². The number of hydrogen-bond donors (Lipinski definition) is 3. The molecule has 2 aliphatic rings. The van der Waals surface area contributed by atoms with E-state index >= 15 is 0 Å². The molecule has 3 N–H and O–H groups in total. The van der Waals surface area contributed by atoms with Gasteiger partial charge in [0, 0.05) is 12.1 Å². The minimum atomic E-state index is -0.967. The van der Waals surface area contributed by atoms with Crippen molar-refractivity contribution in [1.29, 1.82) is 0 Å². The third-order valence-electron chi connectivity index (χ3n) is 6.09. The van der Waals surface area contributed by atoms with Crippen molar-refractivity contribution in [3.63, 3.8) is 0 Å². The first-order valence-corrected chi connectivity index (χ1v) is 11.9. The highest BCUT2D eigenvalue weighted by Crippen LogP contribution is 2.32. The molecule has 176 valence electrons. The summed E-state index contributed by atoms with van der Waals surface area (Å²) in [5, 5.41) is 15.4. The van der Waals surface area contributed by atoms with Crippen molar-refractivity contribution in [2.75, 3.05) is 13.4 Å². The SMILES string of the molecule is O=C(C=Cc1ccc2c(c1)OCO2)NC(CO)C(=O)NC1CCCCCCCCCCC1. The number of carbonyl (C=O) groups is 2. The molecule has 3 rings (SSSR count).